The Bertz CT molecular complexity index is 867. The van der Waals surface area contributed by atoms with Crippen molar-refractivity contribution < 1.29 is 4.79 Å². The number of carbonyl (C=O) groups is 1. The van der Waals surface area contributed by atoms with Crippen LogP contribution in [0, 0.1) is 13.8 Å². The molecule has 0 aliphatic rings. The van der Waals surface area contributed by atoms with Gasteiger partial charge < -0.3 is 10.6 Å². The first-order chi connectivity index (χ1) is 11.0. The number of fused-ring (bicyclic) bond motifs is 1. The topological polar surface area (TPSA) is 59.0 Å². The largest absolute Gasteiger partial charge is 0.376 e. The third kappa shape index (κ3) is 3.18. The van der Waals surface area contributed by atoms with Gasteiger partial charge in [0, 0.05) is 12.7 Å². The van der Waals surface area contributed by atoms with Gasteiger partial charge in [-0.3, -0.25) is 9.48 Å². The lowest BCUT2D eigenvalue weighted by atomic mass is 10.1. The van der Waals surface area contributed by atoms with Crippen molar-refractivity contribution in [2.75, 3.05) is 17.2 Å². The van der Waals surface area contributed by atoms with Gasteiger partial charge >= 0.3 is 0 Å². The molecule has 0 aliphatic heterocycles. The monoisotopic (exact) mass is 308 g/mol. The Balaban J connectivity index is 1.66. The molecule has 23 heavy (non-hydrogen) atoms. The fourth-order valence-electron chi connectivity index (χ4n) is 2.62. The summed E-state index contributed by atoms with van der Waals surface area (Å²) in [6, 6.07) is 14.2. The summed E-state index contributed by atoms with van der Waals surface area (Å²) in [5.74, 6) is -0.0858. The molecule has 3 rings (SSSR count). The van der Waals surface area contributed by atoms with Gasteiger partial charge in [-0.25, -0.2) is 0 Å². The molecule has 2 N–H and O–H groups in total. The van der Waals surface area contributed by atoms with Crippen LogP contribution >= 0.6 is 0 Å². The van der Waals surface area contributed by atoms with E-state index in [1.807, 2.05) is 51.2 Å². The van der Waals surface area contributed by atoms with E-state index in [9.17, 15) is 4.79 Å². The van der Waals surface area contributed by atoms with Crippen molar-refractivity contribution in [3.8, 4) is 0 Å². The van der Waals surface area contributed by atoms with Crippen molar-refractivity contribution in [3.63, 3.8) is 0 Å². The van der Waals surface area contributed by atoms with Crippen molar-refractivity contribution in [2.24, 2.45) is 7.05 Å². The van der Waals surface area contributed by atoms with Crippen LogP contribution in [0.5, 0.6) is 0 Å². The third-order valence-corrected chi connectivity index (χ3v) is 3.98. The Morgan fingerprint density at radius 3 is 2.57 bits per heavy atom. The second kappa shape index (κ2) is 6.12. The zero-order chi connectivity index (χ0) is 16.4. The lowest BCUT2D eigenvalue weighted by molar-refractivity contribution is -0.114. The van der Waals surface area contributed by atoms with Gasteiger partial charge in [0.1, 0.15) is 0 Å². The van der Waals surface area contributed by atoms with Crippen LogP contribution in [0.15, 0.2) is 42.5 Å². The number of nitrogens with zero attached hydrogens (tertiary/aromatic N) is 2. The maximum absolute atomic E-state index is 12.2. The highest BCUT2D eigenvalue weighted by molar-refractivity contribution is 5.95. The standard InChI is InChI=1S/C18H20N4O/c1-12-18(13(2)22(3)21-12)20-17(23)11-19-16-9-8-14-6-4-5-7-15(14)10-16/h4-10,19H,11H2,1-3H3,(H,20,23). The summed E-state index contributed by atoms with van der Waals surface area (Å²) in [6.45, 7) is 4.04. The van der Waals surface area contributed by atoms with Crippen LogP contribution in [0.25, 0.3) is 10.8 Å². The molecule has 0 atom stereocenters. The average Bonchev–Trinajstić information content (AvgIpc) is 2.79. The molecule has 0 spiro atoms. The summed E-state index contributed by atoms with van der Waals surface area (Å²) < 4.78 is 1.77. The van der Waals surface area contributed by atoms with E-state index in [2.05, 4.69) is 27.9 Å². The Labute approximate surface area is 135 Å². The Morgan fingerprint density at radius 2 is 1.87 bits per heavy atom. The zero-order valence-corrected chi connectivity index (χ0v) is 13.6. The fourth-order valence-corrected chi connectivity index (χ4v) is 2.62. The van der Waals surface area contributed by atoms with Crippen LogP contribution < -0.4 is 10.6 Å². The number of hydrogen-bond acceptors (Lipinski definition) is 3. The summed E-state index contributed by atoms with van der Waals surface area (Å²) in [5, 5.41) is 12.7. The minimum atomic E-state index is -0.0858. The van der Waals surface area contributed by atoms with E-state index in [1.54, 1.807) is 4.68 Å². The van der Waals surface area contributed by atoms with E-state index in [0.717, 1.165) is 28.1 Å². The summed E-state index contributed by atoms with van der Waals surface area (Å²) in [5.41, 5.74) is 3.49. The number of aromatic nitrogens is 2. The first-order valence-electron chi connectivity index (χ1n) is 7.57. The van der Waals surface area contributed by atoms with Gasteiger partial charge in [-0.05, 0) is 36.8 Å². The first kappa shape index (κ1) is 15.1. The molecule has 5 heteroatoms. The van der Waals surface area contributed by atoms with Gasteiger partial charge in [-0.2, -0.15) is 5.10 Å². The molecule has 0 fully saturated rings. The molecule has 0 bridgehead atoms. The van der Waals surface area contributed by atoms with Crippen LogP contribution in [-0.4, -0.2) is 22.2 Å². The molecule has 0 radical (unpaired) electrons. The molecule has 118 valence electrons. The van der Waals surface area contributed by atoms with Gasteiger partial charge in [0.2, 0.25) is 5.91 Å². The molecule has 5 nitrogen and oxygen atoms in total. The van der Waals surface area contributed by atoms with Crippen LogP contribution in [-0.2, 0) is 11.8 Å². The Kier molecular flexibility index (Phi) is 4.02. The summed E-state index contributed by atoms with van der Waals surface area (Å²) >= 11 is 0. The smallest absolute Gasteiger partial charge is 0.243 e. The van der Waals surface area contributed by atoms with E-state index in [1.165, 1.54) is 5.39 Å². The lowest BCUT2D eigenvalue weighted by Gasteiger charge is -2.09. The SMILES string of the molecule is Cc1nn(C)c(C)c1NC(=O)CNc1ccc2ccccc2c1. The molecule has 1 heterocycles. The van der Waals surface area contributed by atoms with Gasteiger partial charge in [-0.1, -0.05) is 30.3 Å². The first-order valence-corrected chi connectivity index (χ1v) is 7.57. The molecular weight excluding hydrogens is 288 g/mol. The van der Waals surface area contributed by atoms with Crippen LogP contribution in [0.3, 0.4) is 0 Å². The number of carbonyl (C=O) groups excluding carboxylic acids is 1. The summed E-state index contributed by atoms with van der Waals surface area (Å²) in [4.78, 5) is 12.2. The molecular formula is C18H20N4O. The molecule has 0 unspecified atom stereocenters. The Morgan fingerprint density at radius 1 is 1.13 bits per heavy atom. The molecule has 2 aromatic carbocycles. The molecule has 1 aromatic heterocycles. The highest BCUT2D eigenvalue weighted by Gasteiger charge is 2.12. The normalized spacial score (nSPS) is 10.7. The third-order valence-electron chi connectivity index (χ3n) is 3.98. The average molecular weight is 308 g/mol. The number of hydrogen-bond donors (Lipinski definition) is 2. The summed E-state index contributed by atoms with van der Waals surface area (Å²) in [6.07, 6.45) is 0. The Hall–Kier alpha value is -2.82. The van der Waals surface area contributed by atoms with Crippen molar-refractivity contribution >= 4 is 28.1 Å². The molecule has 1 amide bonds. The van der Waals surface area contributed by atoms with Gasteiger partial charge in [0.05, 0.1) is 23.6 Å². The van der Waals surface area contributed by atoms with Crippen LogP contribution in [0.1, 0.15) is 11.4 Å². The number of benzene rings is 2. The van der Waals surface area contributed by atoms with E-state index in [-0.39, 0.29) is 12.5 Å². The number of rotatable bonds is 4. The zero-order valence-electron chi connectivity index (χ0n) is 13.6. The molecule has 0 saturated heterocycles. The highest BCUT2D eigenvalue weighted by atomic mass is 16.1. The minimum absolute atomic E-state index is 0.0858. The number of amides is 1. The van der Waals surface area contributed by atoms with Crippen molar-refractivity contribution in [3.05, 3.63) is 53.9 Å². The number of anilines is 2. The maximum Gasteiger partial charge on any atom is 0.243 e. The summed E-state index contributed by atoms with van der Waals surface area (Å²) in [7, 11) is 1.87. The second-order valence-corrected chi connectivity index (χ2v) is 5.63. The van der Waals surface area contributed by atoms with E-state index >= 15 is 0 Å². The molecule has 0 aliphatic carbocycles. The van der Waals surface area contributed by atoms with E-state index in [0.29, 0.717) is 0 Å². The number of nitrogens with one attached hydrogen (secondary N) is 2. The second-order valence-electron chi connectivity index (χ2n) is 5.63. The quantitative estimate of drug-likeness (QED) is 0.778. The fraction of sp³-hybridized carbons (Fsp3) is 0.222. The molecule has 3 aromatic rings. The van der Waals surface area contributed by atoms with Crippen LogP contribution in [0.2, 0.25) is 0 Å². The predicted octanol–water partition coefficient (Wildman–Crippen LogP) is 3.24. The van der Waals surface area contributed by atoms with Crippen molar-refractivity contribution in [1.82, 2.24) is 9.78 Å². The van der Waals surface area contributed by atoms with Gasteiger partial charge in [0.15, 0.2) is 0 Å². The predicted molar refractivity (Wildman–Crippen MR) is 93.7 cm³/mol. The van der Waals surface area contributed by atoms with Crippen molar-refractivity contribution in [2.45, 2.75) is 13.8 Å². The number of aryl methyl sites for hydroxylation is 2. The maximum atomic E-state index is 12.2. The van der Waals surface area contributed by atoms with E-state index < -0.39 is 0 Å². The van der Waals surface area contributed by atoms with Crippen LogP contribution in [0.4, 0.5) is 11.4 Å². The lowest BCUT2D eigenvalue weighted by Crippen LogP contribution is -2.22. The van der Waals surface area contributed by atoms with Gasteiger partial charge in [-0.15, -0.1) is 0 Å². The van der Waals surface area contributed by atoms with E-state index in [4.69, 9.17) is 0 Å². The van der Waals surface area contributed by atoms with Gasteiger partial charge in [0.25, 0.3) is 0 Å². The van der Waals surface area contributed by atoms with Crippen molar-refractivity contribution in [1.29, 1.82) is 0 Å². The highest BCUT2D eigenvalue weighted by Crippen LogP contribution is 2.20. The molecule has 0 saturated carbocycles. The minimum Gasteiger partial charge on any atom is -0.376 e.